The van der Waals surface area contributed by atoms with Crippen LogP contribution in [0.3, 0.4) is 0 Å². The number of amides is 1. The number of benzene rings is 2. The van der Waals surface area contributed by atoms with Crippen molar-refractivity contribution in [1.29, 1.82) is 0 Å². The molecule has 0 aliphatic rings. The van der Waals surface area contributed by atoms with E-state index in [4.69, 9.17) is 21.1 Å². The van der Waals surface area contributed by atoms with Gasteiger partial charge in [0.25, 0.3) is 5.91 Å². The van der Waals surface area contributed by atoms with Gasteiger partial charge in [0.05, 0.1) is 19.8 Å². The predicted octanol–water partition coefficient (Wildman–Crippen LogP) is 3.63. The second-order valence-electron chi connectivity index (χ2n) is 4.85. The van der Waals surface area contributed by atoms with Crippen molar-refractivity contribution < 1.29 is 14.3 Å². The number of hydrogen-bond donors (Lipinski definition) is 0. The van der Waals surface area contributed by atoms with Gasteiger partial charge >= 0.3 is 0 Å². The van der Waals surface area contributed by atoms with Crippen LogP contribution in [-0.2, 0) is 6.54 Å². The van der Waals surface area contributed by atoms with Crippen molar-refractivity contribution >= 4 is 17.5 Å². The fourth-order valence-electron chi connectivity index (χ4n) is 2.12. The van der Waals surface area contributed by atoms with Gasteiger partial charge in [-0.1, -0.05) is 23.7 Å². The summed E-state index contributed by atoms with van der Waals surface area (Å²) in [4.78, 5) is 14.2. The van der Waals surface area contributed by atoms with Crippen molar-refractivity contribution in [2.75, 3.05) is 21.3 Å². The van der Waals surface area contributed by atoms with Crippen molar-refractivity contribution in [2.24, 2.45) is 0 Å². The zero-order chi connectivity index (χ0) is 16.1. The summed E-state index contributed by atoms with van der Waals surface area (Å²) in [6, 6.07) is 12.6. The first kappa shape index (κ1) is 16.2. The second-order valence-corrected chi connectivity index (χ2v) is 5.29. The molecule has 0 fully saturated rings. The Hall–Kier alpha value is -2.20. The van der Waals surface area contributed by atoms with Gasteiger partial charge in [0, 0.05) is 24.7 Å². The summed E-state index contributed by atoms with van der Waals surface area (Å²) in [5, 5.41) is 0.676. The lowest BCUT2D eigenvalue weighted by Crippen LogP contribution is -2.26. The van der Waals surface area contributed by atoms with Crippen LogP contribution < -0.4 is 9.47 Å². The maximum atomic E-state index is 12.6. The Bertz CT molecular complexity index is 655. The van der Waals surface area contributed by atoms with Gasteiger partial charge in [0.2, 0.25) is 0 Å². The second kappa shape index (κ2) is 7.18. The molecule has 0 saturated heterocycles. The van der Waals surface area contributed by atoms with Gasteiger partial charge in [-0.15, -0.1) is 0 Å². The van der Waals surface area contributed by atoms with Gasteiger partial charge in [-0.25, -0.2) is 0 Å². The molecule has 5 heteroatoms. The van der Waals surface area contributed by atoms with Gasteiger partial charge < -0.3 is 14.4 Å². The first-order chi connectivity index (χ1) is 10.5. The molecular formula is C17H18ClNO3. The Balaban J connectivity index is 2.18. The van der Waals surface area contributed by atoms with Crippen molar-refractivity contribution in [2.45, 2.75) is 6.54 Å². The van der Waals surface area contributed by atoms with E-state index in [1.807, 2.05) is 24.3 Å². The van der Waals surface area contributed by atoms with E-state index in [0.717, 1.165) is 5.56 Å². The molecule has 0 unspecified atom stereocenters. The number of ether oxygens (including phenoxy) is 2. The van der Waals surface area contributed by atoms with Gasteiger partial charge in [-0.2, -0.15) is 0 Å². The molecule has 0 radical (unpaired) electrons. The van der Waals surface area contributed by atoms with E-state index in [1.165, 1.54) is 7.11 Å². The summed E-state index contributed by atoms with van der Waals surface area (Å²) in [6.07, 6.45) is 0. The molecule has 2 aromatic carbocycles. The number of hydrogen-bond acceptors (Lipinski definition) is 3. The lowest BCUT2D eigenvalue weighted by Gasteiger charge is -2.19. The Morgan fingerprint density at radius 1 is 1.09 bits per heavy atom. The summed E-state index contributed by atoms with van der Waals surface area (Å²) in [7, 11) is 4.86. The Labute approximate surface area is 135 Å². The van der Waals surface area contributed by atoms with Crippen molar-refractivity contribution in [3.8, 4) is 11.5 Å². The van der Waals surface area contributed by atoms with E-state index >= 15 is 0 Å². The van der Waals surface area contributed by atoms with Crippen LogP contribution in [0.2, 0.25) is 5.02 Å². The molecule has 0 bridgehead atoms. The third kappa shape index (κ3) is 3.71. The summed E-state index contributed by atoms with van der Waals surface area (Å²) >= 11 is 5.87. The van der Waals surface area contributed by atoms with Crippen molar-refractivity contribution in [3.63, 3.8) is 0 Å². The molecule has 0 N–H and O–H groups in total. The molecule has 2 rings (SSSR count). The summed E-state index contributed by atoms with van der Waals surface area (Å²) in [5.41, 5.74) is 1.51. The Morgan fingerprint density at radius 3 is 2.36 bits per heavy atom. The smallest absolute Gasteiger partial charge is 0.257 e. The van der Waals surface area contributed by atoms with E-state index in [2.05, 4.69) is 0 Å². The lowest BCUT2D eigenvalue weighted by molar-refractivity contribution is 0.0781. The molecule has 22 heavy (non-hydrogen) atoms. The van der Waals surface area contributed by atoms with Crippen molar-refractivity contribution in [3.05, 3.63) is 58.6 Å². The first-order valence-corrected chi connectivity index (χ1v) is 7.15. The molecule has 0 aromatic heterocycles. The third-order valence-electron chi connectivity index (χ3n) is 3.32. The highest BCUT2D eigenvalue weighted by Gasteiger charge is 2.17. The largest absolute Gasteiger partial charge is 0.497 e. The highest BCUT2D eigenvalue weighted by Crippen LogP contribution is 2.26. The monoisotopic (exact) mass is 319 g/mol. The molecule has 2 aromatic rings. The van der Waals surface area contributed by atoms with E-state index < -0.39 is 0 Å². The zero-order valence-electron chi connectivity index (χ0n) is 12.8. The molecule has 0 aliphatic heterocycles. The first-order valence-electron chi connectivity index (χ1n) is 6.77. The predicted molar refractivity (Wildman–Crippen MR) is 86.8 cm³/mol. The molecule has 0 heterocycles. The minimum absolute atomic E-state index is 0.116. The number of carbonyl (C=O) groups excluding carboxylic acids is 1. The fourth-order valence-corrected chi connectivity index (χ4v) is 2.24. The number of nitrogens with zero attached hydrogens (tertiary/aromatic N) is 1. The van der Waals surface area contributed by atoms with E-state index in [9.17, 15) is 4.79 Å². The van der Waals surface area contributed by atoms with E-state index in [0.29, 0.717) is 28.6 Å². The molecule has 0 saturated carbocycles. The van der Waals surface area contributed by atoms with Gasteiger partial charge in [-0.3, -0.25) is 4.79 Å². The lowest BCUT2D eigenvalue weighted by atomic mass is 10.1. The van der Waals surface area contributed by atoms with Crippen LogP contribution in [0, 0.1) is 0 Å². The molecular weight excluding hydrogens is 302 g/mol. The van der Waals surface area contributed by atoms with Crippen LogP contribution in [0.15, 0.2) is 42.5 Å². The summed E-state index contributed by atoms with van der Waals surface area (Å²) in [6.45, 7) is 0.491. The molecule has 0 spiro atoms. The molecule has 116 valence electrons. The fraction of sp³-hybridized carbons (Fsp3) is 0.235. The van der Waals surface area contributed by atoms with Crippen LogP contribution in [0.25, 0.3) is 0 Å². The van der Waals surface area contributed by atoms with Crippen LogP contribution in [-0.4, -0.2) is 32.1 Å². The standard InChI is InChI=1S/C17H18ClNO3/c1-19(11-12-4-6-13(18)7-5-12)17(20)15-9-8-14(21-2)10-16(15)22-3/h4-10H,11H2,1-3H3. The maximum absolute atomic E-state index is 12.6. The zero-order valence-corrected chi connectivity index (χ0v) is 13.6. The molecule has 0 aliphatic carbocycles. The number of carbonyl (C=O) groups is 1. The van der Waals surface area contributed by atoms with Gasteiger partial charge in [0.1, 0.15) is 11.5 Å². The SMILES string of the molecule is COc1ccc(C(=O)N(C)Cc2ccc(Cl)cc2)c(OC)c1. The summed E-state index contributed by atoms with van der Waals surface area (Å²) in [5.74, 6) is 1.02. The average Bonchev–Trinajstić information content (AvgIpc) is 2.55. The maximum Gasteiger partial charge on any atom is 0.257 e. The Morgan fingerprint density at radius 2 is 1.77 bits per heavy atom. The van der Waals surface area contributed by atoms with Crippen LogP contribution in [0.4, 0.5) is 0 Å². The van der Waals surface area contributed by atoms with Crippen LogP contribution in [0.5, 0.6) is 11.5 Å². The molecule has 0 atom stereocenters. The van der Waals surface area contributed by atoms with E-state index in [-0.39, 0.29) is 5.91 Å². The van der Waals surface area contributed by atoms with Crippen LogP contribution >= 0.6 is 11.6 Å². The number of rotatable bonds is 5. The number of halogens is 1. The molecule has 1 amide bonds. The third-order valence-corrected chi connectivity index (χ3v) is 3.57. The highest BCUT2D eigenvalue weighted by atomic mass is 35.5. The molecule has 4 nitrogen and oxygen atoms in total. The van der Waals surface area contributed by atoms with Crippen LogP contribution in [0.1, 0.15) is 15.9 Å². The Kier molecular flexibility index (Phi) is 5.28. The minimum Gasteiger partial charge on any atom is -0.497 e. The van der Waals surface area contributed by atoms with E-state index in [1.54, 1.807) is 37.3 Å². The highest BCUT2D eigenvalue weighted by molar-refractivity contribution is 6.30. The quantitative estimate of drug-likeness (QED) is 0.844. The minimum atomic E-state index is -0.116. The van der Waals surface area contributed by atoms with Crippen molar-refractivity contribution in [1.82, 2.24) is 4.90 Å². The topological polar surface area (TPSA) is 38.8 Å². The van der Waals surface area contributed by atoms with Gasteiger partial charge in [-0.05, 0) is 29.8 Å². The normalized spacial score (nSPS) is 10.2. The number of methoxy groups -OCH3 is 2. The van der Waals surface area contributed by atoms with Gasteiger partial charge in [0.15, 0.2) is 0 Å². The summed E-state index contributed by atoms with van der Waals surface area (Å²) < 4.78 is 10.4. The average molecular weight is 320 g/mol.